The molecule has 0 bridgehead atoms. The second kappa shape index (κ2) is 5.01. The fraction of sp³-hybridized carbons (Fsp3) is 1.00. The maximum atomic E-state index is 5.46. The maximum absolute atomic E-state index is 5.46. The summed E-state index contributed by atoms with van der Waals surface area (Å²) in [6.07, 6.45) is 2.81. The van der Waals surface area contributed by atoms with E-state index in [1.54, 1.807) is 0 Å². The zero-order valence-corrected chi connectivity index (χ0v) is 8.07. The molecule has 3 heteroatoms. The van der Waals surface area contributed by atoms with E-state index in [9.17, 15) is 0 Å². The van der Waals surface area contributed by atoms with Crippen LogP contribution in [-0.4, -0.2) is 42.6 Å². The summed E-state index contributed by atoms with van der Waals surface area (Å²) in [5.41, 5.74) is 5.46. The summed E-state index contributed by atoms with van der Waals surface area (Å²) in [7, 11) is 2.16. The molecule has 0 radical (unpaired) electrons. The second-order valence-corrected chi connectivity index (χ2v) is 4.59. The van der Waals surface area contributed by atoms with Crippen molar-refractivity contribution in [3.8, 4) is 0 Å². The molecular formula is C8H18N2S. The maximum Gasteiger partial charge on any atom is 0.0175 e. The monoisotopic (exact) mass is 174 g/mol. The molecular weight excluding hydrogens is 156 g/mol. The molecule has 0 saturated carbocycles. The number of nitrogens with two attached hydrogens (primary N) is 1. The van der Waals surface area contributed by atoms with Crippen LogP contribution in [0, 0.1) is 0 Å². The van der Waals surface area contributed by atoms with Crippen molar-refractivity contribution in [2.45, 2.75) is 18.1 Å². The van der Waals surface area contributed by atoms with E-state index in [-0.39, 0.29) is 0 Å². The minimum absolute atomic E-state index is 0.786. The van der Waals surface area contributed by atoms with E-state index in [0.29, 0.717) is 0 Å². The van der Waals surface area contributed by atoms with Crippen LogP contribution in [0.15, 0.2) is 0 Å². The van der Waals surface area contributed by atoms with Crippen LogP contribution in [0.3, 0.4) is 0 Å². The second-order valence-electron chi connectivity index (χ2n) is 3.19. The zero-order chi connectivity index (χ0) is 8.10. The molecule has 0 aromatic rings. The van der Waals surface area contributed by atoms with Crippen molar-refractivity contribution >= 4 is 11.8 Å². The highest BCUT2D eigenvalue weighted by molar-refractivity contribution is 8.00. The van der Waals surface area contributed by atoms with Gasteiger partial charge in [-0.25, -0.2) is 0 Å². The van der Waals surface area contributed by atoms with Crippen molar-refractivity contribution in [1.29, 1.82) is 0 Å². The van der Waals surface area contributed by atoms with E-state index in [2.05, 4.69) is 23.7 Å². The van der Waals surface area contributed by atoms with Gasteiger partial charge in [0.25, 0.3) is 0 Å². The average molecular weight is 174 g/mol. The van der Waals surface area contributed by atoms with E-state index in [1.165, 1.54) is 25.1 Å². The number of nitrogens with zero attached hydrogens (tertiary/aromatic N) is 1. The molecule has 1 fully saturated rings. The molecule has 0 aromatic carbocycles. The van der Waals surface area contributed by atoms with Crippen LogP contribution in [0.5, 0.6) is 0 Å². The number of hydrogen-bond acceptors (Lipinski definition) is 3. The predicted molar refractivity (Wildman–Crippen MR) is 52.0 cm³/mol. The topological polar surface area (TPSA) is 29.3 Å². The van der Waals surface area contributed by atoms with Crippen LogP contribution in [0.25, 0.3) is 0 Å². The average Bonchev–Trinajstić information content (AvgIpc) is 2.40. The van der Waals surface area contributed by atoms with E-state index in [0.717, 1.165) is 18.3 Å². The normalized spacial score (nSPS) is 24.8. The lowest BCUT2D eigenvalue weighted by Gasteiger charge is -2.18. The van der Waals surface area contributed by atoms with Crippen LogP contribution in [0.2, 0.25) is 0 Å². The van der Waals surface area contributed by atoms with E-state index >= 15 is 0 Å². The summed E-state index contributed by atoms with van der Waals surface area (Å²) in [4.78, 5) is 2.34. The smallest absolute Gasteiger partial charge is 0.0175 e. The number of rotatable bonds is 4. The van der Waals surface area contributed by atoms with Gasteiger partial charge in [-0.3, -0.25) is 0 Å². The Morgan fingerprint density at radius 1 is 1.64 bits per heavy atom. The lowest BCUT2D eigenvalue weighted by Crippen LogP contribution is -2.30. The van der Waals surface area contributed by atoms with Gasteiger partial charge in [0.1, 0.15) is 0 Å². The Morgan fingerprint density at radius 3 is 3.00 bits per heavy atom. The first-order valence-corrected chi connectivity index (χ1v) is 5.38. The first-order valence-electron chi connectivity index (χ1n) is 4.33. The molecule has 2 nitrogen and oxygen atoms in total. The molecule has 66 valence electrons. The molecule has 0 aromatic heterocycles. The molecule has 1 rings (SSSR count). The van der Waals surface area contributed by atoms with E-state index in [4.69, 9.17) is 5.73 Å². The van der Waals surface area contributed by atoms with Crippen LogP contribution >= 0.6 is 11.8 Å². The Hall–Kier alpha value is 0.270. The molecule has 1 aliphatic rings. The van der Waals surface area contributed by atoms with Gasteiger partial charge >= 0.3 is 0 Å². The molecule has 0 spiro atoms. The van der Waals surface area contributed by atoms with Crippen molar-refractivity contribution in [2.75, 3.05) is 32.4 Å². The Morgan fingerprint density at radius 2 is 2.45 bits per heavy atom. The molecule has 0 aliphatic carbocycles. The molecule has 1 saturated heterocycles. The highest BCUT2D eigenvalue weighted by atomic mass is 32.2. The zero-order valence-electron chi connectivity index (χ0n) is 7.25. The molecule has 2 N–H and O–H groups in total. The minimum Gasteiger partial charge on any atom is -0.329 e. The number of likely N-dealkylation sites (N-methyl/N-ethyl adjacent to an activating group) is 1. The van der Waals surface area contributed by atoms with E-state index < -0.39 is 0 Å². The largest absolute Gasteiger partial charge is 0.329 e. The summed E-state index contributed by atoms with van der Waals surface area (Å²) in [6, 6.07) is 0. The van der Waals surface area contributed by atoms with Crippen molar-refractivity contribution < 1.29 is 0 Å². The van der Waals surface area contributed by atoms with Gasteiger partial charge in [-0.05, 0) is 25.6 Å². The lowest BCUT2D eigenvalue weighted by atomic mass is 10.2. The third-order valence-electron chi connectivity index (χ3n) is 2.05. The Labute approximate surface area is 73.5 Å². The van der Waals surface area contributed by atoms with Gasteiger partial charge in [0.2, 0.25) is 0 Å². The summed E-state index contributed by atoms with van der Waals surface area (Å²) in [5, 5.41) is 0.881. The Bertz CT molecular complexity index is 102. The third-order valence-corrected chi connectivity index (χ3v) is 3.43. The minimum atomic E-state index is 0.786. The van der Waals surface area contributed by atoms with Crippen molar-refractivity contribution in [3.05, 3.63) is 0 Å². The highest BCUT2D eigenvalue weighted by Gasteiger charge is 2.16. The fourth-order valence-corrected chi connectivity index (χ4v) is 2.81. The fourth-order valence-electron chi connectivity index (χ4n) is 1.45. The summed E-state index contributed by atoms with van der Waals surface area (Å²) >= 11 is 2.11. The summed E-state index contributed by atoms with van der Waals surface area (Å²) in [6.45, 7) is 3.05. The first-order chi connectivity index (χ1) is 5.33. The molecule has 1 aliphatic heterocycles. The van der Waals surface area contributed by atoms with Crippen LogP contribution in [0.1, 0.15) is 12.8 Å². The van der Waals surface area contributed by atoms with Gasteiger partial charge in [0.05, 0.1) is 0 Å². The third kappa shape index (κ3) is 3.45. The Balaban J connectivity index is 2.08. The van der Waals surface area contributed by atoms with Crippen molar-refractivity contribution in [3.63, 3.8) is 0 Å². The molecule has 11 heavy (non-hydrogen) atoms. The van der Waals surface area contributed by atoms with Crippen LogP contribution in [-0.2, 0) is 0 Å². The number of hydrogen-bond donors (Lipinski definition) is 1. The molecule has 1 heterocycles. The molecule has 1 unspecified atom stereocenters. The lowest BCUT2D eigenvalue weighted by molar-refractivity contribution is 0.341. The predicted octanol–water partition coefficient (Wildman–Crippen LogP) is 0.772. The summed E-state index contributed by atoms with van der Waals surface area (Å²) < 4.78 is 0. The van der Waals surface area contributed by atoms with E-state index in [1.807, 2.05) is 0 Å². The molecule has 1 atom stereocenters. The SMILES string of the molecule is CN(CCN)CC1CCCS1. The highest BCUT2D eigenvalue weighted by Crippen LogP contribution is 2.26. The van der Waals surface area contributed by atoms with Gasteiger partial charge in [0, 0.05) is 24.9 Å². The molecule has 0 amide bonds. The number of thioether (sulfide) groups is 1. The summed E-state index contributed by atoms with van der Waals surface area (Å²) in [5.74, 6) is 1.36. The van der Waals surface area contributed by atoms with Gasteiger partial charge in [-0.2, -0.15) is 11.8 Å². The quantitative estimate of drug-likeness (QED) is 0.683. The van der Waals surface area contributed by atoms with Crippen LogP contribution < -0.4 is 5.73 Å². The van der Waals surface area contributed by atoms with Crippen molar-refractivity contribution in [2.24, 2.45) is 5.73 Å². The van der Waals surface area contributed by atoms with Gasteiger partial charge < -0.3 is 10.6 Å². The van der Waals surface area contributed by atoms with Gasteiger partial charge in [-0.1, -0.05) is 0 Å². The van der Waals surface area contributed by atoms with Gasteiger partial charge in [0.15, 0.2) is 0 Å². The van der Waals surface area contributed by atoms with Crippen molar-refractivity contribution in [1.82, 2.24) is 4.90 Å². The first kappa shape index (κ1) is 9.36. The Kier molecular flexibility index (Phi) is 4.26. The van der Waals surface area contributed by atoms with Gasteiger partial charge in [-0.15, -0.1) is 0 Å². The van der Waals surface area contributed by atoms with Crippen LogP contribution in [0.4, 0.5) is 0 Å². The standard InChI is InChI=1S/C8H18N2S/c1-10(5-4-9)7-8-3-2-6-11-8/h8H,2-7,9H2,1H3.